The lowest BCUT2D eigenvalue weighted by Crippen LogP contribution is -2.00. The van der Waals surface area contributed by atoms with Crippen molar-refractivity contribution in [3.63, 3.8) is 0 Å². The van der Waals surface area contributed by atoms with E-state index in [1.165, 1.54) is 0 Å². The number of halogens is 1. The Balaban J connectivity index is 1.22. The summed E-state index contributed by atoms with van der Waals surface area (Å²) in [5, 5.41) is 2.20. The molecular weight excluding hydrogens is 606 g/mol. The van der Waals surface area contributed by atoms with Crippen LogP contribution in [0.1, 0.15) is 0 Å². The van der Waals surface area contributed by atoms with Gasteiger partial charge in [-0.3, -0.25) is 0 Å². The molecule has 2 heterocycles. The van der Waals surface area contributed by atoms with E-state index in [1.807, 2.05) is 60.7 Å². The Hall–Kier alpha value is -5.39. The zero-order chi connectivity index (χ0) is 29.5. The summed E-state index contributed by atoms with van der Waals surface area (Å²) in [6.07, 6.45) is 0. The van der Waals surface area contributed by atoms with E-state index >= 15 is 0 Å². The van der Waals surface area contributed by atoms with Gasteiger partial charge in [0.25, 0.3) is 0 Å². The third kappa shape index (κ3) is 4.77. The molecule has 44 heavy (non-hydrogen) atoms. The lowest BCUT2D eigenvalue weighted by atomic mass is 9.99. The van der Waals surface area contributed by atoms with Crippen molar-refractivity contribution in [1.29, 1.82) is 0 Å². The lowest BCUT2D eigenvalue weighted by molar-refractivity contribution is 0.671. The second-order valence-corrected chi connectivity index (χ2v) is 11.5. The van der Waals surface area contributed by atoms with Crippen LogP contribution in [0.25, 0.3) is 78.4 Å². The summed E-state index contributed by atoms with van der Waals surface area (Å²) in [6, 6.07) is 49.4. The summed E-state index contributed by atoms with van der Waals surface area (Å²) < 4.78 is 7.70. The average molecular weight is 631 g/mol. The lowest BCUT2D eigenvalue weighted by Gasteiger charge is -2.09. The first-order valence-corrected chi connectivity index (χ1v) is 15.2. The van der Waals surface area contributed by atoms with Gasteiger partial charge in [-0.05, 0) is 23.3 Å². The van der Waals surface area contributed by atoms with Crippen molar-refractivity contribution in [1.82, 2.24) is 15.0 Å². The van der Waals surface area contributed by atoms with E-state index in [-0.39, 0.29) is 0 Å². The van der Waals surface area contributed by atoms with Gasteiger partial charge in [-0.2, -0.15) is 0 Å². The van der Waals surface area contributed by atoms with Crippen LogP contribution >= 0.6 is 15.9 Å². The molecule has 0 atom stereocenters. The van der Waals surface area contributed by atoms with Gasteiger partial charge in [0, 0.05) is 43.1 Å². The molecule has 0 amide bonds. The smallest absolute Gasteiger partial charge is 0.164 e. The summed E-state index contributed by atoms with van der Waals surface area (Å²) >= 11 is 3.55. The van der Waals surface area contributed by atoms with Gasteiger partial charge in [0.2, 0.25) is 0 Å². The number of hydrogen-bond donors (Lipinski definition) is 0. The van der Waals surface area contributed by atoms with Crippen LogP contribution in [0.15, 0.2) is 154 Å². The largest absolute Gasteiger partial charge is 0.455 e. The predicted octanol–water partition coefficient (Wildman–Crippen LogP) is 10.9. The Bertz CT molecular complexity index is 2200. The molecule has 0 fully saturated rings. The van der Waals surface area contributed by atoms with E-state index in [0.29, 0.717) is 17.5 Å². The fraction of sp³-hybridized carbons (Fsp3) is 0. The molecule has 8 rings (SSSR count). The molecule has 0 N–H and O–H groups in total. The number of benzene rings is 6. The first kappa shape index (κ1) is 26.3. The highest BCUT2D eigenvalue weighted by Crippen LogP contribution is 2.40. The molecule has 0 radical (unpaired) electrons. The van der Waals surface area contributed by atoms with Crippen LogP contribution in [0.5, 0.6) is 0 Å². The molecule has 0 aliphatic heterocycles. The number of nitrogens with zero attached hydrogens (tertiary/aromatic N) is 3. The SMILES string of the molecule is Brc1ccc(-c2cccc3c2oc2c(-c4ccc(-c5nc(-c6ccccc6)nc(-c6ccccc6)n5)cc4)cccc23)cc1. The standard InChI is InChI=1S/C39H24BrN3O/c40-30-23-21-26(22-24-30)32-14-8-16-34-33-15-7-13-31(35(33)44-36(32)34)25-17-19-29(20-18-25)39-42-37(27-9-3-1-4-10-27)41-38(43-39)28-11-5-2-6-12-28/h1-24H. The molecule has 0 bridgehead atoms. The first-order chi connectivity index (χ1) is 21.7. The highest BCUT2D eigenvalue weighted by Gasteiger charge is 2.17. The fourth-order valence-electron chi connectivity index (χ4n) is 5.64. The van der Waals surface area contributed by atoms with E-state index in [2.05, 4.69) is 101 Å². The summed E-state index contributed by atoms with van der Waals surface area (Å²) in [6.45, 7) is 0. The van der Waals surface area contributed by atoms with Gasteiger partial charge >= 0.3 is 0 Å². The van der Waals surface area contributed by atoms with Crippen LogP contribution in [-0.2, 0) is 0 Å². The fourth-order valence-corrected chi connectivity index (χ4v) is 5.91. The number of furan rings is 1. The number of aromatic nitrogens is 3. The predicted molar refractivity (Wildman–Crippen MR) is 182 cm³/mol. The van der Waals surface area contributed by atoms with E-state index in [0.717, 1.165) is 65.4 Å². The minimum absolute atomic E-state index is 0.630. The molecule has 208 valence electrons. The second kappa shape index (κ2) is 11.0. The summed E-state index contributed by atoms with van der Waals surface area (Å²) in [4.78, 5) is 14.6. The number of rotatable bonds is 5. The quantitative estimate of drug-likeness (QED) is 0.190. The topological polar surface area (TPSA) is 51.8 Å². The molecule has 5 heteroatoms. The minimum atomic E-state index is 0.630. The van der Waals surface area contributed by atoms with Crippen molar-refractivity contribution in [3.8, 4) is 56.4 Å². The molecule has 4 nitrogen and oxygen atoms in total. The van der Waals surface area contributed by atoms with Crippen LogP contribution in [0.3, 0.4) is 0 Å². The Morgan fingerprint density at radius 1 is 0.364 bits per heavy atom. The van der Waals surface area contributed by atoms with Crippen LogP contribution in [-0.4, -0.2) is 15.0 Å². The normalized spacial score (nSPS) is 11.3. The van der Waals surface area contributed by atoms with Gasteiger partial charge in [-0.25, -0.2) is 15.0 Å². The molecule has 8 aromatic rings. The Morgan fingerprint density at radius 2 is 0.750 bits per heavy atom. The van der Waals surface area contributed by atoms with Crippen LogP contribution in [0, 0.1) is 0 Å². The third-order valence-electron chi connectivity index (χ3n) is 7.83. The molecule has 0 saturated heterocycles. The van der Waals surface area contributed by atoms with Crippen molar-refractivity contribution >= 4 is 37.9 Å². The molecule has 6 aromatic carbocycles. The van der Waals surface area contributed by atoms with Gasteiger partial charge in [0.1, 0.15) is 11.2 Å². The van der Waals surface area contributed by atoms with Crippen LogP contribution in [0.4, 0.5) is 0 Å². The molecule has 0 aliphatic rings. The maximum absolute atomic E-state index is 6.65. The van der Waals surface area contributed by atoms with Gasteiger partial charge in [0.05, 0.1) is 0 Å². The van der Waals surface area contributed by atoms with Crippen LogP contribution in [0.2, 0.25) is 0 Å². The van der Waals surface area contributed by atoms with Crippen molar-refractivity contribution in [2.24, 2.45) is 0 Å². The molecule has 0 aliphatic carbocycles. The Labute approximate surface area is 262 Å². The molecule has 0 saturated carbocycles. The summed E-state index contributed by atoms with van der Waals surface area (Å²) in [5.41, 5.74) is 8.87. The average Bonchev–Trinajstić information content (AvgIpc) is 3.49. The minimum Gasteiger partial charge on any atom is -0.455 e. The second-order valence-electron chi connectivity index (χ2n) is 10.6. The molecule has 0 spiro atoms. The van der Waals surface area contributed by atoms with E-state index in [1.54, 1.807) is 0 Å². The summed E-state index contributed by atoms with van der Waals surface area (Å²) in [7, 11) is 0. The van der Waals surface area contributed by atoms with Crippen molar-refractivity contribution in [2.75, 3.05) is 0 Å². The van der Waals surface area contributed by atoms with Crippen LogP contribution < -0.4 is 0 Å². The van der Waals surface area contributed by atoms with Gasteiger partial charge in [-0.1, -0.05) is 149 Å². The molecule has 2 aromatic heterocycles. The van der Waals surface area contributed by atoms with E-state index < -0.39 is 0 Å². The van der Waals surface area contributed by atoms with Gasteiger partial charge in [0.15, 0.2) is 17.5 Å². The zero-order valence-electron chi connectivity index (χ0n) is 23.5. The number of fused-ring (bicyclic) bond motifs is 3. The monoisotopic (exact) mass is 629 g/mol. The molecule has 0 unspecified atom stereocenters. The maximum atomic E-state index is 6.65. The van der Waals surface area contributed by atoms with Crippen molar-refractivity contribution < 1.29 is 4.42 Å². The molecular formula is C39H24BrN3O. The Kier molecular flexibility index (Phi) is 6.58. The highest BCUT2D eigenvalue weighted by molar-refractivity contribution is 9.10. The van der Waals surface area contributed by atoms with Crippen molar-refractivity contribution in [2.45, 2.75) is 0 Å². The Morgan fingerprint density at radius 3 is 1.20 bits per heavy atom. The number of hydrogen-bond acceptors (Lipinski definition) is 4. The van der Waals surface area contributed by atoms with Crippen molar-refractivity contribution in [3.05, 3.63) is 150 Å². The summed E-state index contributed by atoms with van der Waals surface area (Å²) in [5.74, 6) is 1.92. The van der Waals surface area contributed by atoms with Gasteiger partial charge < -0.3 is 4.42 Å². The highest BCUT2D eigenvalue weighted by atomic mass is 79.9. The third-order valence-corrected chi connectivity index (χ3v) is 8.36. The van der Waals surface area contributed by atoms with E-state index in [4.69, 9.17) is 19.4 Å². The van der Waals surface area contributed by atoms with E-state index in [9.17, 15) is 0 Å². The maximum Gasteiger partial charge on any atom is 0.164 e. The van der Waals surface area contributed by atoms with Gasteiger partial charge in [-0.15, -0.1) is 0 Å². The number of para-hydroxylation sites is 2. The zero-order valence-corrected chi connectivity index (χ0v) is 25.1. The first-order valence-electron chi connectivity index (χ1n) is 14.4.